The van der Waals surface area contributed by atoms with Crippen molar-refractivity contribution in [1.29, 1.82) is 0 Å². The Kier molecular flexibility index (Phi) is 2.64. The Morgan fingerprint density at radius 3 is 2.94 bits per heavy atom. The largest absolute Gasteiger partial charge is 0.481 e. The summed E-state index contributed by atoms with van der Waals surface area (Å²) in [4.78, 5) is 13.5. The van der Waals surface area contributed by atoms with E-state index >= 15 is 0 Å². The number of hydrogen-bond donors (Lipinski definition) is 2. The number of carboxylic acids is 1. The van der Waals surface area contributed by atoms with Crippen LogP contribution in [0.1, 0.15) is 17.7 Å². The van der Waals surface area contributed by atoms with Gasteiger partial charge in [0.2, 0.25) is 0 Å². The number of aliphatic carboxylic acids is 1. The molecular weight excluding hydrogens is 209 g/mol. The van der Waals surface area contributed by atoms with Crippen LogP contribution in [0.3, 0.4) is 0 Å². The predicted octanol–water partition coefficient (Wildman–Crippen LogP) is 2.63. The second kappa shape index (κ2) is 3.96. The second-order valence-electron chi connectivity index (χ2n) is 3.81. The number of H-pyrrole nitrogens is 1. The predicted molar refractivity (Wildman–Crippen MR) is 59.0 cm³/mol. The van der Waals surface area contributed by atoms with Crippen molar-refractivity contribution >= 4 is 16.9 Å². The Hall–Kier alpha value is -1.84. The molecule has 84 valence electrons. The van der Waals surface area contributed by atoms with Crippen molar-refractivity contribution in [3.05, 3.63) is 35.3 Å². The molecule has 0 radical (unpaired) electrons. The number of hydrogen-bond acceptors (Lipinski definition) is 1. The fourth-order valence-corrected chi connectivity index (χ4v) is 1.85. The van der Waals surface area contributed by atoms with Crippen LogP contribution in [-0.2, 0) is 11.2 Å². The molecule has 1 aromatic heterocycles. The fourth-order valence-electron chi connectivity index (χ4n) is 1.85. The number of rotatable bonds is 3. The van der Waals surface area contributed by atoms with Gasteiger partial charge in [-0.25, -0.2) is 4.39 Å². The summed E-state index contributed by atoms with van der Waals surface area (Å²) >= 11 is 0. The molecule has 0 aliphatic heterocycles. The van der Waals surface area contributed by atoms with Crippen LogP contribution < -0.4 is 0 Å². The van der Waals surface area contributed by atoms with E-state index in [1.54, 1.807) is 6.07 Å². The standard InChI is InChI=1S/C12H12FNO2/c1-7-9-3-2-8(13)6-11(9)14-10(7)4-5-12(15)16/h2-3,6,14H,4-5H2,1H3,(H,15,16). The maximum atomic E-state index is 13.0. The van der Waals surface area contributed by atoms with Gasteiger partial charge in [-0.3, -0.25) is 4.79 Å². The fraction of sp³-hybridized carbons (Fsp3) is 0.250. The molecule has 2 rings (SSSR count). The lowest BCUT2D eigenvalue weighted by Gasteiger charge is -1.96. The summed E-state index contributed by atoms with van der Waals surface area (Å²) in [5.74, 6) is -1.12. The van der Waals surface area contributed by atoms with Gasteiger partial charge >= 0.3 is 5.97 Å². The van der Waals surface area contributed by atoms with Crippen molar-refractivity contribution in [2.45, 2.75) is 19.8 Å². The Labute approximate surface area is 91.9 Å². The Balaban J connectivity index is 2.39. The van der Waals surface area contributed by atoms with Gasteiger partial charge < -0.3 is 10.1 Å². The number of aromatic nitrogens is 1. The van der Waals surface area contributed by atoms with Gasteiger partial charge in [0.1, 0.15) is 5.82 Å². The second-order valence-corrected chi connectivity index (χ2v) is 3.81. The molecule has 0 aliphatic rings. The van der Waals surface area contributed by atoms with Gasteiger partial charge in [0.05, 0.1) is 6.42 Å². The van der Waals surface area contributed by atoms with Crippen LogP contribution in [0.25, 0.3) is 10.9 Å². The summed E-state index contributed by atoms with van der Waals surface area (Å²) in [5.41, 5.74) is 2.58. The van der Waals surface area contributed by atoms with Crippen molar-refractivity contribution in [3.63, 3.8) is 0 Å². The van der Waals surface area contributed by atoms with Crippen LogP contribution in [0, 0.1) is 12.7 Å². The number of aryl methyl sites for hydroxylation is 2. The molecule has 0 amide bonds. The first-order chi connectivity index (χ1) is 7.58. The van der Waals surface area contributed by atoms with Gasteiger partial charge in [-0.2, -0.15) is 0 Å². The molecule has 0 fully saturated rings. The highest BCUT2D eigenvalue weighted by atomic mass is 19.1. The Bertz CT molecular complexity index is 545. The zero-order chi connectivity index (χ0) is 11.7. The molecule has 0 aliphatic carbocycles. The minimum atomic E-state index is -0.829. The van der Waals surface area contributed by atoms with Gasteiger partial charge in [-0.05, 0) is 37.1 Å². The van der Waals surface area contributed by atoms with E-state index in [9.17, 15) is 9.18 Å². The SMILES string of the molecule is Cc1c(CCC(=O)O)[nH]c2cc(F)ccc12. The molecule has 0 unspecified atom stereocenters. The first-order valence-electron chi connectivity index (χ1n) is 5.06. The average Bonchev–Trinajstić information content (AvgIpc) is 2.52. The average molecular weight is 221 g/mol. The normalized spacial score (nSPS) is 10.9. The van der Waals surface area contributed by atoms with Crippen LogP contribution in [0.4, 0.5) is 4.39 Å². The summed E-state index contributed by atoms with van der Waals surface area (Å²) in [7, 11) is 0. The third-order valence-corrected chi connectivity index (χ3v) is 2.71. The number of carboxylic acid groups (broad SMARTS) is 1. The summed E-state index contributed by atoms with van der Waals surface area (Å²) < 4.78 is 13.0. The van der Waals surface area contributed by atoms with Crippen LogP contribution >= 0.6 is 0 Å². The van der Waals surface area contributed by atoms with Crippen molar-refractivity contribution < 1.29 is 14.3 Å². The Morgan fingerprint density at radius 2 is 2.25 bits per heavy atom. The van der Waals surface area contributed by atoms with E-state index in [1.807, 2.05) is 6.92 Å². The van der Waals surface area contributed by atoms with Crippen LogP contribution in [-0.4, -0.2) is 16.1 Å². The number of aromatic amines is 1. The number of carbonyl (C=O) groups is 1. The van der Waals surface area contributed by atoms with Gasteiger partial charge in [0.25, 0.3) is 0 Å². The molecule has 3 nitrogen and oxygen atoms in total. The van der Waals surface area contributed by atoms with Crippen LogP contribution in [0.5, 0.6) is 0 Å². The lowest BCUT2D eigenvalue weighted by molar-refractivity contribution is -0.136. The molecular formula is C12H12FNO2. The van der Waals surface area contributed by atoms with Gasteiger partial charge in [-0.1, -0.05) is 0 Å². The molecule has 1 heterocycles. The molecule has 4 heteroatoms. The number of benzene rings is 1. The van der Waals surface area contributed by atoms with E-state index < -0.39 is 5.97 Å². The van der Waals surface area contributed by atoms with Gasteiger partial charge in [0.15, 0.2) is 0 Å². The van der Waals surface area contributed by atoms with Crippen molar-refractivity contribution in [2.75, 3.05) is 0 Å². The molecule has 0 bridgehead atoms. The first kappa shape index (κ1) is 10.7. The molecule has 0 saturated heterocycles. The highest BCUT2D eigenvalue weighted by molar-refractivity contribution is 5.84. The molecule has 0 saturated carbocycles. The molecule has 1 aromatic carbocycles. The van der Waals surface area contributed by atoms with E-state index in [0.717, 1.165) is 22.2 Å². The third kappa shape index (κ3) is 1.91. The summed E-state index contributed by atoms with van der Waals surface area (Å²) in [5, 5.41) is 9.56. The maximum absolute atomic E-state index is 13.0. The van der Waals surface area contributed by atoms with Crippen LogP contribution in [0.2, 0.25) is 0 Å². The molecule has 16 heavy (non-hydrogen) atoms. The summed E-state index contributed by atoms with van der Waals surface area (Å²) in [6.07, 6.45) is 0.521. The van der Waals surface area contributed by atoms with E-state index in [-0.39, 0.29) is 12.2 Å². The number of nitrogens with one attached hydrogen (secondary N) is 1. The molecule has 2 aromatic rings. The van der Waals surface area contributed by atoms with Gasteiger partial charge in [-0.15, -0.1) is 0 Å². The van der Waals surface area contributed by atoms with Gasteiger partial charge in [0, 0.05) is 16.6 Å². The highest BCUT2D eigenvalue weighted by Gasteiger charge is 2.09. The molecule has 2 N–H and O–H groups in total. The highest BCUT2D eigenvalue weighted by Crippen LogP contribution is 2.23. The van der Waals surface area contributed by atoms with E-state index in [2.05, 4.69) is 4.98 Å². The van der Waals surface area contributed by atoms with Crippen molar-refractivity contribution in [2.24, 2.45) is 0 Å². The third-order valence-electron chi connectivity index (χ3n) is 2.71. The smallest absolute Gasteiger partial charge is 0.303 e. The summed E-state index contributed by atoms with van der Waals surface area (Å²) in [6, 6.07) is 4.54. The van der Waals surface area contributed by atoms with E-state index in [4.69, 9.17) is 5.11 Å². The minimum absolute atomic E-state index is 0.0795. The van der Waals surface area contributed by atoms with E-state index in [0.29, 0.717) is 6.42 Å². The lowest BCUT2D eigenvalue weighted by atomic mass is 10.1. The van der Waals surface area contributed by atoms with Crippen LogP contribution in [0.15, 0.2) is 18.2 Å². The lowest BCUT2D eigenvalue weighted by Crippen LogP contribution is -1.98. The monoisotopic (exact) mass is 221 g/mol. The van der Waals surface area contributed by atoms with Crippen molar-refractivity contribution in [3.8, 4) is 0 Å². The number of fused-ring (bicyclic) bond motifs is 1. The zero-order valence-corrected chi connectivity index (χ0v) is 8.88. The first-order valence-corrected chi connectivity index (χ1v) is 5.06. The topological polar surface area (TPSA) is 53.1 Å². The molecule has 0 spiro atoms. The molecule has 0 atom stereocenters. The van der Waals surface area contributed by atoms with Crippen molar-refractivity contribution in [1.82, 2.24) is 4.98 Å². The number of halogens is 1. The Morgan fingerprint density at radius 1 is 1.50 bits per heavy atom. The van der Waals surface area contributed by atoms with E-state index in [1.165, 1.54) is 12.1 Å². The summed E-state index contributed by atoms with van der Waals surface area (Å²) in [6.45, 7) is 1.91. The maximum Gasteiger partial charge on any atom is 0.303 e. The quantitative estimate of drug-likeness (QED) is 0.837. The minimum Gasteiger partial charge on any atom is -0.481 e. The zero-order valence-electron chi connectivity index (χ0n) is 8.88.